The molecule has 1 fully saturated rings. The molecule has 7 nitrogen and oxygen atoms in total. The maximum absolute atomic E-state index is 12.8. The number of pyridine rings is 1. The molecule has 0 spiro atoms. The number of ether oxygens (including phenoxy) is 1. The van der Waals surface area contributed by atoms with Crippen LogP contribution in [-0.2, 0) is 11.4 Å². The van der Waals surface area contributed by atoms with Crippen LogP contribution >= 0.6 is 0 Å². The Hall–Kier alpha value is -3.35. The first-order chi connectivity index (χ1) is 13.9. The molecule has 7 heteroatoms. The van der Waals surface area contributed by atoms with Crippen LogP contribution in [0.1, 0.15) is 39.5 Å². The zero-order valence-electron chi connectivity index (χ0n) is 16.7. The highest BCUT2D eigenvalue weighted by molar-refractivity contribution is 6.08. The predicted molar refractivity (Wildman–Crippen MR) is 108 cm³/mol. The Morgan fingerprint density at radius 2 is 2.10 bits per heavy atom. The average molecular weight is 393 g/mol. The van der Waals surface area contributed by atoms with E-state index in [1.54, 1.807) is 19.1 Å². The SMILES string of the molecule is Cc1ccc(COc2ccc3oc(C)c(C(=O)NC4CCNC4=O)c3c2)c(C)n1. The van der Waals surface area contributed by atoms with Crippen LogP contribution in [0.5, 0.6) is 5.75 Å². The number of hydrogen-bond donors (Lipinski definition) is 2. The van der Waals surface area contributed by atoms with Gasteiger partial charge in [-0.05, 0) is 51.5 Å². The molecule has 0 saturated carbocycles. The van der Waals surface area contributed by atoms with Crippen molar-refractivity contribution in [3.63, 3.8) is 0 Å². The van der Waals surface area contributed by atoms with E-state index in [-0.39, 0.29) is 11.8 Å². The van der Waals surface area contributed by atoms with Crippen LogP contribution in [0.2, 0.25) is 0 Å². The minimum atomic E-state index is -0.511. The van der Waals surface area contributed by atoms with Gasteiger partial charge in [0.25, 0.3) is 5.91 Å². The second-order valence-electron chi connectivity index (χ2n) is 7.28. The molecule has 1 unspecified atom stereocenters. The number of hydrogen-bond acceptors (Lipinski definition) is 5. The number of benzene rings is 1. The largest absolute Gasteiger partial charge is 0.489 e. The van der Waals surface area contributed by atoms with Gasteiger partial charge in [-0.3, -0.25) is 14.6 Å². The fourth-order valence-electron chi connectivity index (χ4n) is 3.56. The first-order valence-corrected chi connectivity index (χ1v) is 9.60. The van der Waals surface area contributed by atoms with Crippen LogP contribution in [0.4, 0.5) is 0 Å². The van der Waals surface area contributed by atoms with Crippen molar-refractivity contribution in [2.75, 3.05) is 6.54 Å². The maximum atomic E-state index is 12.8. The van der Waals surface area contributed by atoms with Crippen molar-refractivity contribution in [3.8, 4) is 5.75 Å². The monoisotopic (exact) mass is 393 g/mol. The molecule has 3 aromatic rings. The third-order valence-corrected chi connectivity index (χ3v) is 5.15. The van der Waals surface area contributed by atoms with E-state index in [9.17, 15) is 9.59 Å². The zero-order chi connectivity index (χ0) is 20.5. The number of fused-ring (bicyclic) bond motifs is 1. The molecule has 1 aliphatic heterocycles. The Bertz CT molecular complexity index is 1100. The minimum absolute atomic E-state index is 0.157. The van der Waals surface area contributed by atoms with Crippen LogP contribution in [0.3, 0.4) is 0 Å². The summed E-state index contributed by atoms with van der Waals surface area (Å²) in [6.45, 7) is 6.60. The number of aromatic nitrogens is 1. The van der Waals surface area contributed by atoms with Crippen molar-refractivity contribution in [2.24, 2.45) is 0 Å². The first-order valence-electron chi connectivity index (χ1n) is 9.60. The van der Waals surface area contributed by atoms with Crippen molar-refractivity contribution in [1.29, 1.82) is 0 Å². The summed E-state index contributed by atoms with van der Waals surface area (Å²) in [6, 6.07) is 8.85. The van der Waals surface area contributed by atoms with Gasteiger partial charge >= 0.3 is 0 Å². The lowest BCUT2D eigenvalue weighted by Gasteiger charge is -2.10. The number of amides is 2. The average Bonchev–Trinajstić information content (AvgIpc) is 3.22. The molecular formula is C22H23N3O4. The third kappa shape index (κ3) is 3.81. The van der Waals surface area contributed by atoms with Gasteiger partial charge in [0, 0.05) is 28.9 Å². The summed E-state index contributed by atoms with van der Waals surface area (Å²) in [4.78, 5) is 29.0. The molecule has 1 atom stereocenters. The molecule has 0 bridgehead atoms. The van der Waals surface area contributed by atoms with Crippen molar-refractivity contribution in [3.05, 3.63) is 58.6 Å². The predicted octanol–water partition coefficient (Wildman–Crippen LogP) is 2.95. The summed E-state index contributed by atoms with van der Waals surface area (Å²) in [6.07, 6.45) is 0.581. The number of aryl methyl sites for hydroxylation is 3. The normalized spacial score (nSPS) is 16.1. The summed E-state index contributed by atoms with van der Waals surface area (Å²) in [7, 11) is 0. The fourth-order valence-corrected chi connectivity index (χ4v) is 3.56. The molecule has 0 aliphatic carbocycles. The summed E-state index contributed by atoms with van der Waals surface area (Å²) in [5.74, 6) is 0.659. The lowest BCUT2D eigenvalue weighted by Crippen LogP contribution is -2.40. The van der Waals surface area contributed by atoms with E-state index in [4.69, 9.17) is 9.15 Å². The molecule has 0 radical (unpaired) electrons. The van der Waals surface area contributed by atoms with Gasteiger partial charge in [0.15, 0.2) is 0 Å². The number of nitrogens with zero attached hydrogens (tertiary/aromatic N) is 1. The van der Waals surface area contributed by atoms with E-state index < -0.39 is 6.04 Å². The van der Waals surface area contributed by atoms with Crippen molar-refractivity contribution >= 4 is 22.8 Å². The molecule has 4 rings (SSSR count). The highest BCUT2D eigenvalue weighted by atomic mass is 16.5. The Kier molecular flexibility index (Phi) is 4.96. The maximum Gasteiger partial charge on any atom is 0.256 e. The highest BCUT2D eigenvalue weighted by Gasteiger charge is 2.28. The van der Waals surface area contributed by atoms with Gasteiger partial charge in [0.2, 0.25) is 5.91 Å². The third-order valence-electron chi connectivity index (χ3n) is 5.15. The molecule has 29 heavy (non-hydrogen) atoms. The van der Waals surface area contributed by atoms with Crippen LogP contribution in [-0.4, -0.2) is 29.4 Å². The quantitative estimate of drug-likeness (QED) is 0.695. The van der Waals surface area contributed by atoms with Gasteiger partial charge in [-0.15, -0.1) is 0 Å². The minimum Gasteiger partial charge on any atom is -0.489 e. The number of rotatable bonds is 5. The number of furan rings is 1. The number of nitrogens with one attached hydrogen (secondary N) is 2. The molecule has 1 aromatic carbocycles. The topological polar surface area (TPSA) is 93.5 Å². The standard InChI is InChI=1S/C22H23N3O4/c1-12-4-5-15(13(2)24-12)11-28-16-6-7-19-17(10-16)20(14(3)29-19)22(27)25-18-8-9-23-21(18)26/h4-7,10,18H,8-9,11H2,1-3H3,(H,23,26)(H,25,27). The Balaban J connectivity index is 1.57. The fraction of sp³-hybridized carbons (Fsp3) is 0.318. The van der Waals surface area contributed by atoms with Gasteiger partial charge in [-0.1, -0.05) is 6.07 Å². The second kappa shape index (κ2) is 7.58. The summed E-state index contributed by atoms with van der Waals surface area (Å²) >= 11 is 0. The highest BCUT2D eigenvalue weighted by Crippen LogP contribution is 2.29. The Morgan fingerprint density at radius 1 is 1.28 bits per heavy atom. The van der Waals surface area contributed by atoms with Gasteiger partial charge < -0.3 is 19.8 Å². The lowest BCUT2D eigenvalue weighted by molar-refractivity contribution is -0.120. The number of carbonyl (C=O) groups is 2. The zero-order valence-corrected chi connectivity index (χ0v) is 16.7. The second-order valence-corrected chi connectivity index (χ2v) is 7.28. The van der Waals surface area contributed by atoms with Crippen LogP contribution in [0, 0.1) is 20.8 Å². The molecule has 2 amide bonds. The Morgan fingerprint density at radius 3 is 2.83 bits per heavy atom. The summed E-state index contributed by atoms with van der Waals surface area (Å²) in [5.41, 5.74) is 3.93. The first kappa shape index (κ1) is 19.0. The molecule has 150 valence electrons. The molecule has 3 heterocycles. The smallest absolute Gasteiger partial charge is 0.256 e. The molecule has 2 N–H and O–H groups in total. The van der Waals surface area contributed by atoms with Gasteiger partial charge in [0.05, 0.1) is 5.56 Å². The van der Waals surface area contributed by atoms with Crippen molar-refractivity contribution in [1.82, 2.24) is 15.6 Å². The van der Waals surface area contributed by atoms with Crippen molar-refractivity contribution < 1.29 is 18.7 Å². The number of carbonyl (C=O) groups excluding carboxylic acids is 2. The molecule has 1 saturated heterocycles. The van der Waals surface area contributed by atoms with E-state index in [2.05, 4.69) is 15.6 Å². The van der Waals surface area contributed by atoms with Gasteiger partial charge in [0.1, 0.15) is 29.7 Å². The van der Waals surface area contributed by atoms with Gasteiger partial charge in [-0.25, -0.2) is 0 Å². The molecular weight excluding hydrogens is 370 g/mol. The lowest BCUT2D eigenvalue weighted by atomic mass is 10.1. The Labute approximate surface area is 168 Å². The van der Waals surface area contributed by atoms with E-state index in [0.29, 0.717) is 47.6 Å². The summed E-state index contributed by atoms with van der Waals surface area (Å²) in [5, 5.41) is 6.17. The summed E-state index contributed by atoms with van der Waals surface area (Å²) < 4.78 is 11.7. The van der Waals surface area contributed by atoms with Gasteiger partial charge in [-0.2, -0.15) is 0 Å². The molecule has 1 aliphatic rings. The van der Waals surface area contributed by atoms with Crippen LogP contribution in [0.25, 0.3) is 11.0 Å². The van der Waals surface area contributed by atoms with E-state index in [1.807, 2.05) is 32.0 Å². The van der Waals surface area contributed by atoms with Crippen molar-refractivity contribution in [2.45, 2.75) is 39.8 Å². The van der Waals surface area contributed by atoms with Crippen LogP contribution in [0.15, 0.2) is 34.7 Å². The molecule has 2 aromatic heterocycles. The van der Waals surface area contributed by atoms with E-state index >= 15 is 0 Å². The van der Waals surface area contributed by atoms with E-state index in [1.165, 1.54) is 0 Å². The van der Waals surface area contributed by atoms with Crippen LogP contribution < -0.4 is 15.4 Å². The van der Waals surface area contributed by atoms with E-state index in [0.717, 1.165) is 17.0 Å².